The molecule has 0 heterocycles. The maximum atomic E-state index is 11.1. The van der Waals surface area contributed by atoms with Gasteiger partial charge in [-0.3, -0.25) is 4.79 Å². The van der Waals surface area contributed by atoms with Crippen LogP contribution in [-0.2, 0) is 9.53 Å². The van der Waals surface area contributed by atoms with Crippen molar-refractivity contribution in [1.82, 2.24) is 4.90 Å². The summed E-state index contributed by atoms with van der Waals surface area (Å²) in [6.07, 6.45) is 1.31. The van der Waals surface area contributed by atoms with Gasteiger partial charge in [0.25, 0.3) is 0 Å². The number of hydrogen-bond acceptors (Lipinski definition) is 2. The third-order valence-corrected chi connectivity index (χ3v) is 1.75. The molecule has 0 bridgehead atoms. The minimum absolute atomic E-state index is 0.0584. The van der Waals surface area contributed by atoms with E-state index in [-0.39, 0.29) is 5.91 Å². The lowest BCUT2D eigenvalue weighted by Crippen LogP contribution is -2.32. The van der Waals surface area contributed by atoms with Crippen molar-refractivity contribution in [2.45, 2.75) is 6.92 Å². The van der Waals surface area contributed by atoms with Gasteiger partial charge in [-0.2, -0.15) is 0 Å². The van der Waals surface area contributed by atoms with Crippen molar-refractivity contribution in [3.05, 3.63) is 12.7 Å². The monoisotopic (exact) mass is 205 g/mol. The predicted octanol–water partition coefficient (Wildman–Crippen LogP) is 1.28. The Hall–Kier alpha value is -0.540. The van der Waals surface area contributed by atoms with Gasteiger partial charge in [0, 0.05) is 19.0 Å². The van der Waals surface area contributed by atoms with E-state index < -0.39 is 0 Å². The zero-order chi connectivity index (χ0) is 10.1. The van der Waals surface area contributed by atoms with Gasteiger partial charge in [0.2, 0.25) is 5.91 Å². The van der Waals surface area contributed by atoms with Crippen molar-refractivity contribution in [2.75, 3.05) is 32.2 Å². The Balaban J connectivity index is 3.59. The number of carbonyl (C=O) groups excluding carboxylic acids is 1. The van der Waals surface area contributed by atoms with Gasteiger partial charge in [-0.15, -0.1) is 11.6 Å². The van der Waals surface area contributed by atoms with Crippen LogP contribution in [-0.4, -0.2) is 43.0 Å². The molecule has 0 fully saturated rings. The highest BCUT2D eigenvalue weighted by molar-refractivity contribution is 6.17. The molecule has 0 aromatic heterocycles. The van der Waals surface area contributed by atoms with Crippen LogP contribution in [0.25, 0.3) is 0 Å². The molecule has 0 aliphatic heterocycles. The fourth-order valence-electron chi connectivity index (χ4n) is 0.885. The molecule has 4 heteroatoms. The summed E-state index contributed by atoms with van der Waals surface area (Å²) in [6, 6.07) is 0. The SMILES string of the molecule is C=CC(=O)N(CC)CCOCCCl. The first-order chi connectivity index (χ1) is 6.26. The van der Waals surface area contributed by atoms with Gasteiger partial charge < -0.3 is 9.64 Å². The average Bonchev–Trinajstić information content (AvgIpc) is 2.17. The summed E-state index contributed by atoms with van der Waals surface area (Å²) in [5.41, 5.74) is 0. The van der Waals surface area contributed by atoms with Crippen molar-refractivity contribution >= 4 is 17.5 Å². The minimum Gasteiger partial charge on any atom is -0.378 e. The number of halogens is 1. The summed E-state index contributed by atoms with van der Waals surface area (Å²) in [7, 11) is 0. The first kappa shape index (κ1) is 12.5. The Kier molecular flexibility index (Phi) is 7.74. The summed E-state index contributed by atoms with van der Waals surface area (Å²) >= 11 is 5.42. The number of alkyl halides is 1. The van der Waals surface area contributed by atoms with E-state index in [1.807, 2.05) is 6.92 Å². The molecule has 13 heavy (non-hydrogen) atoms. The fraction of sp³-hybridized carbons (Fsp3) is 0.667. The molecule has 1 amide bonds. The normalized spacial score (nSPS) is 9.69. The molecule has 0 spiro atoms. The van der Waals surface area contributed by atoms with Crippen molar-refractivity contribution in [2.24, 2.45) is 0 Å². The van der Waals surface area contributed by atoms with E-state index in [1.165, 1.54) is 6.08 Å². The standard InChI is InChI=1S/C9H16ClNO2/c1-3-9(12)11(4-2)6-8-13-7-5-10/h3H,1,4-8H2,2H3. The molecule has 0 aromatic carbocycles. The summed E-state index contributed by atoms with van der Waals surface area (Å²) in [6.45, 7) is 7.67. The zero-order valence-electron chi connectivity index (χ0n) is 7.96. The number of carbonyl (C=O) groups is 1. The minimum atomic E-state index is -0.0584. The maximum absolute atomic E-state index is 11.1. The number of rotatable bonds is 7. The van der Waals surface area contributed by atoms with E-state index >= 15 is 0 Å². The lowest BCUT2D eigenvalue weighted by atomic mass is 10.4. The Morgan fingerprint density at radius 3 is 2.77 bits per heavy atom. The largest absolute Gasteiger partial charge is 0.378 e. The smallest absolute Gasteiger partial charge is 0.246 e. The molecule has 0 radical (unpaired) electrons. The van der Waals surface area contributed by atoms with Gasteiger partial charge >= 0.3 is 0 Å². The molecule has 0 unspecified atom stereocenters. The predicted molar refractivity (Wildman–Crippen MR) is 54.0 cm³/mol. The lowest BCUT2D eigenvalue weighted by molar-refractivity contribution is -0.126. The van der Waals surface area contributed by atoms with Crippen molar-refractivity contribution in [1.29, 1.82) is 0 Å². The second-order valence-electron chi connectivity index (χ2n) is 2.42. The quantitative estimate of drug-likeness (QED) is 0.356. The molecule has 0 N–H and O–H groups in total. The van der Waals surface area contributed by atoms with E-state index in [0.29, 0.717) is 32.2 Å². The summed E-state index contributed by atoms with van der Waals surface area (Å²) < 4.78 is 5.15. The Morgan fingerprint density at radius 2 is 2.31 bits per heavy atom. The van der Waals surface area contributed by atoms with E-state index in [2.05, 4.69) is 6.58 Å². The van der Waals surface area contributed by atoms with Crippen LogP contribution in [0, 0.1) is 0 Å². The average molecular weight is 206 g/mol. The molecule has 3 nitrogen and oxygen atoms in total. The van der Waals surface area contributed by atoms with Crippen LogP contribution in [0.4, 0.5) is 0 Å². The van der Waals surface area contributed by atoms with Gasteiger partial charge in [-0.25, -0.2) is 0 Å². The highest BCUT2D eigenvalue weighted by Crippen LogP contribution is 1.91. The van der Waals surface area contributed by atoms with Gasteiger partial charge in [-0.05, 0) is 13.0 Å². The van der Waals surface area contributed by atoms with Gasteiger partial charge in [0.15, 0.2) is 0 Å². The Morgan fingerprint density at radius 1 is 1.62 bits per heavy atom. The molecular formula is C9H16ClNO2. The molecular weight excluding hydrogens is 190 g/mol. The van der Waals surface area contributed by atoms with E-state index in [1.54, 1.807) is 4.90 Å². The molecule has 0 aliphatic rings. The highest BCUT2D eigenvalue weighted by atomic mass is 35.5. The second kappa shape index (κ2) is 8.08. The molecule has 0 saturated carbocycles. The van der Waals surface area contributed by atoms with Crippen LogP contribution in [0.5, 0.6) is 0 Å². The Labute approximate surface area is 84.3 Å². The summed E-state index contributed by atoms with van der Waals surface area (Å²) in [4.78, 5) is 12.8. The number of amides is 1. The molecule has 0 aliphatic carbocycles. The van der Waals surface area contributed by atoms with E-state index in [4.69, 9.17) is 16.3 Å². The molecule has 76 valence electrons. The van der Waals surface area contributed by atoms with Gasteiger partial charge in [-0.1, -0.05) is 6.58 Å². The van der Waals surface area contributed by atoms with Crippen LogP contribution in [0.1, 0.15) is 6.92 Å². The summed E-state index contributed by atoms with van der Waals surface area (Å²) in [5.74, 6) is 0.429. The van der Waals surface area contributed by atoms with Gasteiger partial charge in [0.1, 0.15) is 0 Å². The molecule has 0 saturated heterocycles. The van der Waals surface area contributed by atoms with Gasteiger partial charge in [0.05, 0.1) is 13.2 Å². The van der Waals surface area contributed by atoms with Crippen LogP contribution in [0.2, 0.25) is 0 Å². The first-order valence-electron chi connectivity index (χ1n) is 4.31. The van der Waals surface area contributed by atoms with Crippen molar-refractivity contribution in [3.63, 3.8) is 0 Å². The third-order valence-electron chi connectivity index (χ3n) is 1.60. The van der Waals surface area contributed by atoms with Crippen molar-refractivity contribution in [3.8, 4) is 0 Å². The number of ether oxygens (including phenoxy) is 1. The number of likely N-dealkylation sites (N-methyl/N-ethyl adjacent to an activating group) is 1. The highest BCUT2D eigenvalue weighted by Gasteiger charge is 2.05. The summed E-state index contributed by atoms with van der Waals surface area (Å²) in [5, 5.41) is 0. The van der Waals surface area contributed by atoms with Crippen LogP contribution >= 0.6 is 11.6 Å². The third kappa shape index (κ3) is 5.66. The van der Waals surface area contributed by atoms with Crippen molar-refractivity contribution < 1.29 is 9.53 Å². The number of hydrogen-bond donors (Lipinski definition) is 0. The second-order valence-corrected chi connectivity index (χ2v) is 2.80. The van der Waals surface area contributed by atoms with E-state index in [0.717, 1.165) is 0 Å². The Bertz CT molecular complexity index is 162. The van der Waals surface area contributed by atoms with Crippen LogP contribution < -0.4 is 0 Å². The fourth-order valence-corrected chi connectivity index (χ4v) is 0.994. The zero-order valence-corrected chi connectivity index (χ0v) is 8.72. The van der Waals surface area contributed by atoms with E-state index in [9.17, 15) is 4.79 Å². The van der Waals surface area contributed by atoms with Crippen LogP contribution in [0.15, 0.2) is 12.7 Å². The van der Waals surface area contributed by atoms with Crippen LogP contribution in [0.3, 0.4) is 0 Å². The molecule has 0 rings (SSSR count). The maximum Gasteiger partial charge on any atom is 0.246 e. The lowest BCUT2D eigenvalue weighted by Gasteiger charge is -2.18. The first-order valence-corrected chi connectivity index (χ1v) is 4.84. The number of nitrogens with zero attached hydrogens (tertiary/aromatic N) is 1. The topological polar surface area (TPSA) is 29.5 Å². The molecule has 0 atom stereocenters. The molecule has 0 aromatic rings.